The van der Waals surface area contributed by atoms with Gasteiger partial charge in [-0.05, 0) is 56.9 Å². The number of hydrogen-bond donors (Lipinski definition) is 1. The molecule has 0 aliphatic heterocycles. The number of thiazole rings is 1. The summed E-state index contributed by atoms with van der Waals surface area (Å²) in [4.78, 5) is 37.0. The molecule has 1 N–H and O–H groups in total. The third kappa shape index (κ3) is 3.91. The van der Waals surface area contributed by atoms with E-state index in [0.29, 0.717) is 23.4 Å². The highest BCUT2D eigenvalue weighted by Gasteiger charge is 2.23. The SMILES string of the molecule is CCOc1ccc2nc(NC(=O)CSc3nc4sc5c(c4c(=O)n3CC)CCC5)sc2c1. The average molecular weight is 487 g/mol. The first-order chi connectivity index (χ1) is 15.6. The summed E-state index contributed by atoms with van der Waals surface area (Å²) in [5, 5.41) is 4.78. The van der Waals surface area contributed by atoms with E-state index >= 15 is 0 Å². The molecule has 166 valence electrons. The summed E-state index contributed by atoms with van der Waals surface area (Å²) in [6, 6.07) is 5.69. The van der Waals surface area contributed by atoms with E-state index in [9.17, 15) is 9.59 Å². The van der Waals surface area contributed by atoms with Gasteiger partial charge in [-0.2, -0.15) is 0 Å². The van der Waals surface area contributed by atoms with Crippen molar-refractivity contribution >= 4 is 65.9 Å². The Morgan fingerprint density at radius 1 is 1.25 bits per heavy atom. The smallest absolute Gasteiger partial charge is 0.263 e. The van der Waals surface area contributed by atoms with Gasteiger partial charge in [-0.3, -0.25) is 14.2 Å². The van der Waals surface area contributed by atoms with Crippen LogP contribution in [0.4, 0.5) is 5.13 Å². The van der Waals surface area contributed by atoms with Gasteiger partial charge in [-0.1, -0.05) is 23.1 Å². The lowest BCUT2D eigenvalue weighted by Gasteiger charge is -2.10. The van der Waals surface area contributed by atoms with Gasteiger partial charge in [0.15, 0.2) is 10.3 Å². The van der Waals surface area contributed by atoms with Gasteiger partial charge in [0.1, 0.15) is 10.6 Å². The van der Waals surface area contributed by atoms with Crippen LogP contribution in [0, 0.1) is 0 Å². The Labute approximate surface area is 196 Å². The summed E-state index contributed by atoms with van der Waals surface area (Å²) >= 11 is 4.32. The average Bonchev–Trinajstić information content (AvgIpc) is 3.46. The second kappa shape index (κ2) is 8.84. The predicted molar refractivity (Wildman–Crippen MR) is 132 cm³/mol. The van der Waals surface area contributed by atoms with Crippen LogP contribution in [0.5, 0.6) is 5.75 Å². The Kier molecular flexibility index (Phi) is 5.92. The van der Waals surface area contributed by atoms with Crippen molar-refractivity contribution in [2.45, 2.75) is 44.8 Å². The van der Waals surface area contributed by atoms with Crippen LogP contribution in [-0.4, -0.2) is 32.8 Å². The van der Waals surface area contributed by atoms with Gasteiger partial charge in [-0.15, -0.1) is 11.3 Å². The first-order valence-electron chi connectivity index (χ1n) is 10.6. The van der Waals surface area contributed by atoms with E-state index in [2.05, 4.69) is 10.3 Å². The molecular weight excluding hydrogens is 464 g/mol. The molecule has 1 amide bonds. The molecule has 1 aromatic carbocycles. The van der Waals surface area contributed by atoms with E-state index in [1.165, 1.54) is 33.5 Å². The number of fused-ring (bicyclic) bond motifs is 4. The number of aryl methyl sites for hydroxylation is 2. The molecular formula is C22H22N4O3S3. The Balaban J connectivity index is 1.32. The molecule has 4 aromatic rings. The number of hydrogen-bond acceptors (Lipinski definition) is 8. The summed E-state index contributed by atoms with van der Waals surface area (Å²) in [6.07, 6.45) is 3.10. The quantitative estimate of drug-likeness (QED) is 0.301. The minimum atomic E-state index is -0.176. The lowest BCUT2D eigenvalue weighted by Crippen LogP contribution is -2.23. The lowest BCUT2D eigenvalue weighted by atomic mass is 10.2. The zero-order valence-electron chi connectivity index (χ0n) is 17.8. The van der Waals surface area contributed by atoms with Crippen molar-refractivity contribution in [3.63, 3.8) is 0 Å². The van der Waals surface area contributed by atoms with Crippen LogP contribution in [0.15, 0.2) is 28.2 Å². The minimum Gasteiger partial charge on any atom is -0.494 e. The monoisotopic (exact) mass is 486 g/mol. The number of thioether (sulfide) groups is 1. The summed E-state index contributed by atoms with van der Waals surface area (Å²) in [6.45, 7) is 5.00. The number of nitrogens with one attached hydrogen (secondary N) is 1. The van der Waals surface area contributed by atoms with E-state index in [4.69, 9.17) is 9.72 Å². The molecule has 0 saturated heterocycles. The summed E-state index contributed by atoms with van der Waals surface area (Å²) in [5.41, 5.74) is 2.01. The maximum atomic E-state index is 13.1. The number of carbonyl (C=O) groups is 1. The van der Waals surface area contributed by atoms with E-state index in [1.54, 1.807) is 15.9 Å². The summed E-state index contributed by atoms with van der Waals surface area (Å²) in [7, 11) is 0. The maximum Gasteiger partial charge on any atom is 0.263 e. The van der Waals surface area contributed by atoms with Crippen LogP contribution in [0.1, 0.15) is 30.7 Å². The number of carbonyl (C=O) groups excluding carboxylic acids is 1. The van der Waals surface area contributed by atoms with Crippen molar-refractivity contribution in [2.75, 3.05) is 17.7 Å². The molecule has 0 radical (unpaired) electrons. The molecule has 1 aliphatic rings. The van der Waals surface area contributed by atoms with E-state index in [0.717, 1.165) is 45.4 Å². The van der Waals surface area contributed by atoms with Gasteiger partial charge in [0.2, 0.25) is 5.91 Å². The Hall–Kier alpha value is -2.43. The number of rotatable bonds is 7. The van der Waals surface area contributed by atoms with E-state index < -0.39 is 0 Å². The van der Waals surface area contributed by atoms with Crippen LogP contribution in [0.2, 0.25) is 0 Å². The molecule has 3 aromatic heterocycles. The van der Waals surface area contributed by atoms with Crippen LogP contribution in [-0.2, 0) is 24.2 Å². The minimum absolute atomic E-state index is 0.0103. The van der Waals surface area contributed by atoms with Crippen molar-refractivity contribution in [2.24, 2.45) is 0 Å². The van der Waals surface area contributed by atoms with Crippen molar-refractivity contribution in [3.05, 3.63) is 39.0 Å². The molecule has 0 spiro atoms. The fraction of sp³-hybridized carbons (Fsp3) is 0.364. The zero-order valence-corrected chi connectivity index (χ0v) is 20.2. The normalized spacial score (nSPS) is 13.1. The highest BCUT2D eigenvalue weighted by molar-refractivity contribution is 7.99. The molecule has 0 atom stereocenters. The van der Waals surface area contributed by atoms with Gasteiger partial charge in [0, 0.05) is 11.4 Å². The second-order valence-electron chi connectivity index (χ2n) is 7.40. The van der Waals surface area contributed by atoms with Crippen molar-refractivity contribution in [1.29, 1.82) is 0 Å². The number of amides is 1. The van der Waals surface area contributed by atoms with Crippen molar-refractivity contribution < 1.29 is 9.53 Å². The fourth-order valence-electron chi connectivity index (χ4n) is 3.95. The van der Waals surface area contributed by atoms with Gasteiger partial charge in [0.25, 0.3) is 5.56 Å². The van der Waals surface area contributed by atoms with Crippen LogP contribution < -0.4 is 15.6 Å². The number of aromatic nitrogens is 3. The van der Waals surface area contributed by atoms with Crippen LogP contribution in [0.25, 0.3) is 20.4 Å². The van der Waals surface area contributed by atoms with E-state index in [1.807, 2.05) is 32.0 Å². The number of nitrogens with zero attached hydrogens (tertiary/aromatic N) is 3. The van der Waals surface area contributed by atoms with Crippen molar-refractivity contribution in [1.82, 2.24) is 14.5 Å². The number of benzene rings is 1. The highest BCUT2D eigenvalue weighted by Crippen LogP contribution is 2.35. The molecule has 1 aliphatic carbocycles. The highest BCUT2D eigenvalue weighted by atomic mass is 32.2. The Morgan fingerprint density at radius 2 is 2.12 bits per heavy atom. The first kappa shape index (κ1) is 21.4. The molecule has 0 saturated carbocycles. The number of thiophene rings is 1. The Bertz CT molecular complexity index is 1390. The van der Waals surface area contributed by atoms with Gasteiger partial charge in [0.05, 0.1) is 28.0 Å². The number of ether oxygens (including phenoxy) is 1. The molecule has 5 rings (SSSR count). The van der Waals surface area contributed by atoms with Crippen LogP contribution >= 0.6 is 34.4 Å². The van der Waals surface area contributed by atoms with Crippen LogP contribution in [0.3, 0.4) is 0 Å². The zero-order chi connectivity index (χ0) is 22.2. The standard InChI is InChI=1S/C22H22N4O3S3/c1-3-26-20(28)18-13-6-5-7-15(13)31-19(18)25-22(26)30-11-17(27)24-21-23-14-9-8-12(29-4-2)10-16(14)32-21/h8-10H,3-7,11H2,1-2H3,(H,23,24,27). The molecule has 0 bridgehead atoms. The third-order valence-electron chi connectivity index (χ3n) is 5.36. The second-order valence-corrected chi connectivity index (χ2v) is 10.5. The molecule has 0 unspecified atom stereocenters. The number of anilines is 1. The van der Waals surface area contributed by atoms with Gasteiger partial charge < -0.3 is 10.1 Å². The molecule has 3 heterocycles. The molecule has 7 nitrogen and oxygen atoms in total. The van der Waals surface area contributed by atoms with Gasteiger partial charge in [-0.25, -0.2) is 9.97 Å². The molecule has 10 heteroatoms. The van der Waals surface area contributed by atoms with Gasteiger partial charge >= 0.3 is 0 Å². The maximum absolute atomic E-state index is 13.1. The third-order valence-corrected chi connectivity index (χ3v) is 8.45. The van der Waals surface area contributed by atoms with Crippen molar-refractivity contribution in [3.8, 4) is 5.75 Å². The van der Waals surface area contributed by atoms with E-state index in [-0.39, 0.29) is 17.2 Å². The summed E-state index contributed by atoms with van der Waals surface area (Å²) < 4.78 is 8.16. The fourth-order valence-corrected chi connectivity index (χ4v) is 7.02. The Morgan fingerprint density at radius 3 is 2.94 bits per heavy atom. The predicted octanol–water partition coefficient (Wildman–Crippen LogP) is 4.71. The molecule has 32 heavy (non-hydrogen) atoms. The topological polar surface area (TPSA) is 86.1 Å². The largest absolute Gasteiger partial charge is 0.494 e. The lowest BCUT2D eigenvalue weighted by molar-refractivity contribution is -0.113. The first-order valence-corrected chi connectivity index (χ1v) is 13.2. The summed E-state index contributed by atoms with van der Waals surface area (Å²) in [5.74, 6) is 0.767. The molecule has 0 fully saturated rings.